The van der Waals surface area contributed by atoms with Crippen molar-refractivity contribution in [2.45, 2.75) is 32.4 Å². The lowest BCUT2D eigenvalue weighted by Crippen LogP contribution is -2.47. The largest absolute Gasteiger partial charge is 0.496 e. The van der Waals surface area contributed by atoms with Crippen molar-refractivity contribution < 1.29 is 22.3 Å². The summed E-state index contributed by atoms with van der Waals surface area (Å²) in [5.74, 6) is 3.03. The Kier molecular flexibility index (Phi) is 4.70. The lowest BCUT2D eigenvalue weighted by molar-refractivity contribution is -0.137. The third-order valence-corrected chi connectivity index (χ3v) is 6.00. The van der Waals surface area contributed by atoms with Crippen molar-refractivity contribution in [2.75, 3.05) is 26.7 Å². The van der Waals surface area contributed by atoms with E-state index in [-0.39, 0.29) is 5.75 Å². The van der Waals surface area contributed by atoms with Crippen LogP contribution >= 0.6 is 0 Å². The van der Waals surface area contributed by atoms with Gasteiger partial charge in [0.05, 0.1) is 18.2 Å². The fourth-order valence-corrected chi connectivity index (χ4v) is 4.55. The Morgan fingerprint density at radius 1 is 1.19 bits per heavy atom. The molecule has 0 saturated carbocycles. The van der Waals surface area contributed by atoms with Crippen LogP contribution in [-0.2, 0) is 12.6 Å². The highest BCUT2D eigenvalue weighted by Gasteiger charge is 2.35. The first kappa shape index (κ1) is 18.4. The van der Waals surface area contributed by atoms with E-state index < -0.39 is 11.7 Å². The number of ether oxygens (including phenoxy) is 1. The number of benzene rings is 1. The predicted octanol–water partition coefficient (Wildman–Crippen LogP) is 5.17. The molecular weight excluding hydrogens is 355 g/mol. The van der Waals surface area contributed by atoms with Crippen molar-refractivity contribution in [2.24, 2.45) is 11.8 Å². The van der Waals surface area contributed by atoms with Crippen LogP contribution in [0.5, 0.6) is 5.75 Å². The molecule has 2 aromatic rings. The van der Waals surface area contributed by atoms with Gasteiger partial charge in [-0.2, -0.15) is 13.2 Å². The lowest BCUT2D eigenvalue weighted by Gasteiger charge is -2.44. The second-order valence-corrected chi connectivity index (χ2v) is 7.74. The zero-order valence-corrected chi connectivity index (χ0v) is 15.6. The highest BCUT2D eigenvalue weighted by atomic mass is 19.4. The van der Waals surface area contributed by atoms with Gasteiger partial charge < -0.3 is 14.1 Å². The lowest BCUT2D eigenvalue weighted by atomic mass is 9.77. The molecule has 1 aromatic heterocycles. The summed E-state index contributed by atoms with van der Waals surface area (Å²) >= 11 is 0. The molecule has 27 heavy (non-hydrogen) atoms. The Morgan fingerprint density at radius 2 is 1.93 bits per heavy atom. The summed E-state index contributed by atoms with van der Waals surface area (Å²) in [7, 11) is 1.38. The monoisotopic (exact) mass is 379 g/mol. The number of methoxy groups -OCH3 is 1. The van der Waals surface area contributed by atoms with Gasteiger partial charge >= 0.3 is 6.18 Å². The molecule has 5 rings (SSSR count). The van der Waals surface area contributed by atoms with Crippen molar-refractivity contribution in [3.8, 4) is 17.1 Å². The molecule has 3 aliphatic rings. The molecule has 1 atom stereocenters. The van der Waals surface area contributed by atoms with Gasteiger partial charge in [0.25, 0.3) is 0 Å². The number of nitrogens with zero attached hydrogens (tertiary/aromatic N) is 1. The average Bonchev–Trinajstić information content (AvgIpc) is 3.01. The van der Waals surface area contributed by atoms with E-state index in [1.165, 1.54) is 39.1 Å². The molecule has 0 radical (unpaired) electrons. The number of aryl methyl sites for hydroxylation is 1. The molecule has 0 spiro atoms. The van der Waals surface area contributed by atoms with Gasteiger partial charge in [-0.3, -0.25) is 0 Å². The number of hydrogen-bond donors (Lipinski definition) is 0. The predicted molar refractivity (Wildman–Crippen MR) is 96.8 cm³/mol. The van der Waals surface area contributed by atoms with Crippen molar-refractivity contribution in [1.29, 1.82) is 0 Å². The van der Waals surface area contributed by atoms with Gasteiger partial charge in [-0.1, -0.05) is 0 Å². The fraction of sp³-hybridized carbons (Fsp3) is 0.524. The maximum atomic E-state index is 13.0. The molecule has 4 heterocycles. The van der Waals surface area contributed by atoms with E-state index in [1.807, 2.05) is 13.0 Å². The van der Waals surface area contributed by atoms with Crippen LogP contribution in [0.2, 0.25) is 0 Å². The number of piperidine rings is 3. The van der Waals surface area contributed by atoms with Crippen LogP contribution in [0, 0.1) is 18.8 Å². The average molecular weight is 379 g/mol. The Bertz CT molecular complexity index is 819. The van der Waals surface area contributed by atoms with Gasteiger partial charge in [0.1, 0.15) is 17.3 Å². The van der Waals surface area contributed by atoms with Crippen LogP contribution in [0.3, 0.4) is 0 Å². The summed E-state index contributed by atoms with van der Waals surface area (Å²) in [6.45, 7) is 5.44. The second kappa shape index (κ2) is 6.89. The quantitative estimate of drug-likeness (QED) is 0.733. The number of rotatable bonds is 4. The molecule has 1 aromatic carbocycles. The number of fused-ring (bicyclic) bond motifs is 3. The molecule has 3 nitrogen and oxygen atoms in total. The number of furan rings is 1. The first-order chi connectivity index (χ1) is 12.8. The number of hydrogen-bond acceptors (Lipinski definition) is 3. The summed E-state index contributed by atoms with van der Waals surface area (Å²) < 4.78 is 50.2. The normalized spacial score (nSPS) is 25.0. The van der Waals surface area contributed by atoms with Crippen LogP contribution in [0.1, 0.15) is 29.7 Å². The molecule has 3 aliphatic heterocycles. The first-order valence-corrected chi connectivity index (χ1v) is 9.42. The molecule has 2 bridgehead atoms. The molecular formula is C21H24F3NO2. The van der Waals surface area contributed by atoms with E-state index in [1.54, 1.807) is 0 Å². The smallest absolute Gasteiger partial charge is 0.416 e. The summed E-state index contributed by atoms with van der Waals surface area (Å²) in [6.07, 6.45) is -1.01. The maximum Gasteiger partial charge on any atom is 0.416 e. The van der Waals surface area contributed by atoms with Gasteiger partial charge in [0.15, 0.2) is 0 Å². The minimum absolute atomic E-state index is 0.177. The second-order valence-electron chi connectivity index (χ2n) is 7.74. The fourth-order valence-electron chi connectivity index (χ4n) is 4.55. The van der Waals surface area contributed by atoms with Crippen LogP contribution < -0.4 is 4.74 Å². The molecule has 0 amide bonds. The van der Waals surface area contributed by atoms with Crippen LogP contribution in [0.15, 0.2) is 28.7 Å². The Balaban J connectivity index is 1.60. The van der Waals surface area contributed by atoms with E-state index in [9.17, 15) is 13.2 Å². The summed E-state index contributed by atoms with van der Waals surface area (Å²) in [5.41, 5.74) is 0.757. The van der Waals surface area contributed by atoms with E-state index in [2.05, 4.69) is 4.90 Å². The van der Waals surface area contributed by atoms with Gasteiger partial charge in [0, 0.05) is 13.0 Å². The van der Waals surface area contributed by atoms with Gasteiger partial charge in [-0.05, 0) is 74.5 Å². The summed E-state index contributed by atoms with van der Waals surface area (Å²) in [5, 5.41) is 0. The highest BCUT2D eigenvalue weighted by Crippen LogP contribution is 2.40. The molecule has 6 heteroatoms. The minimum Gasteiger partial charge on any atom is -0.496 e. The zero-order valence-electron chi connectivity index (χ0n) is 15.6. The van der Waals surface area contributed by atoms with Crippen molar-refractivity contribution in [3.05, 3.63) is 41.2 Å². The molecule has 1 unspecified atom stereocenters. The summed E-state index contributed by atoms with van der Waals surface area (Å²) in [4.78, 5) is 2.51. The van der Waals surface area contributed by atoms with Crippen molar-refractivity contribution in [3.63, 3.8) is 0 Å². The van der Waals surface area contributed by atoms with E-state index in [4.69, 9.17) is 9.15 Å². The van der Waals surface area contributed by atoms with E-state index in [0.717, 1.165) is 42.3 Å². The summed E-state index contributed by atoms with van der Waals surface area (Å²) in [6, 6.07) is 5.56. The standard InChI is InChI=1S/C21H24F3NO2/c1-13-9-17(10-15-12-25-7-5-14(15)6-8-25)27-20(13)18-4-3-16(21(22,23)24)11-19(18)26-2/h3-4,9,11,14-15H,5-8,10,12H2,1-2H3. The number of halogens is 3. The third kappa shape index (κ3) is 3.59. The van der Waals surface area contributed by atoms with E-state index in [0.29, 0.717) is 17.2 Å². The van der Waals surface area contributed by atoms with Crippen LogP contribution in [0.25, 0.3) is 11.3 Å². The number of alkyl halides is 3. The maximum absolute atomic E-state index is 13.0. The molecule has 0 aliphatic carbocycles. The van der Waals surface area contributed by atoms with E-state index >= 15 is 0 Å². The molecule has 3 fully saturated rings. The first-order valence-electron chi connectivity index (χ1n) is 9.42. The van der Waals surface area contributed by atoms with Crippen molar-refractivity contribution >= 4 is 0 Å². The Hall–Kier alpha value is -1.95. The van der Waals surface area contributed by atoms with Crippen LogP contribution in [-0.4, -0.2) is 31.6 Å². The van der Waals surface area contributed by atoms with Gasteiger partial charge in [0.2, 0.25) is 0 Å². The molecule has 0 N–H and O–H groups in total. The Morgan fingerprint density at radius 3 is 2.52 bits per heavy atom. The Labute approximate surface area is 157 Å². The minimum atomic E-state index is -4.40. The van der Waals surface area contributed by atoms with Crippen molar-refractivity contribution in [1.82, 2.24) is 4.90 Å². The SMILES string of the molecule is COc1cc(C(F)(F)F)ccc1-c1oc(CC2CN3CCC2CC3)cc1C. The van der Waals surface area contributed by atoms with Gasteiger partial charge in [-0.15, -0.1) is 0 Å². The van der Waals surface area contributed by atoms with Crippen LogP contribution in [0.4, 0.5) is 13.2 Å². The molecule has 146 valence electrons. The van der Waals surface area contributed by atoms with Gasteiger partial charge in [-0.25, -0.2) is 0 Å². The third-order valence-electron chi connectivity index (χ3n) is 6.00. The highest BCUT2D eigenvalue weighted by molar-refractivity contribution is 5.69. The molecule has 3 saturated heterocycles. The zero-order chi connectivity index (χ0) is 19.2. The topological polar surface area (TPSA) is 25.6 Å².